The van der Waals surface area contributed by atoms with Crippen LogP contribution in [0.1, 0.15) is 32.7 Å². The number of hydrogen-bond donors (Lipinski definition) is 3. The summed E-state index contributed by atoms with van der Waals surface area (Å²) in [5.41, 5.74) is 3.29. The Balaban J connectivity index is 1.66. The number of pyridine rings is 1. The molecule has 0 spiro atoms. The second-order valence-electron chi connectivity index (χ2n) is 5.82. The van der Waals surface area contributed by atoms with Crippen LogP contribution in [0.2, 0.25) is 0 Å². The van der Waals surface area contributed by atoms with E-state index in [4.69, 9.17) is 0 Å². The van der Waals surface area contributed by atoms with E-state index in [2.05, 4.69) is 20.3 Å². The second-order valence-corrected chi connectivity index (χ2v) is 5.82. The number of amides is 1. The van der Waals surface area contributed by atoms with Gasteiger partial charge in [0, 0.05) is 36.0 Å². The highest BCUT2D eigenvalue weighted by atomic mass is 16.4. The number of fused-ring (bicyclic) bond motifs is 1. The maximum atomic E-state index is 12.5. The van der Waals surface area contributed by atoms with Gasteiger partial charge < -0.3 is 15.4 Å². The summed E-state index contributed by atoms with van der Waals surface area (Å²) in [5, 5.41) is 12.8. The topological polar surface area (TPSA) is 107 Å². The zero-order chi connectivity index (χ0) is 18.1. The molecule has 7 heteroatoms. The van der Waals surface area contributed by atoms with Gasteiger partial charge in [0.2, 0.25) is 0 Å². The number of carbonyl (C=O) groups excluding carboxylic acids is 1. The molecule has 26 heavy (non-hydrogen) atoms. The number of aromatic amines is 1. The van der Waals surface area contributed by atoms with Gasteiger partial charge in [-0.2, -0.15) is 0 Å². The molecule has 3 aromatic rings. The van der Waals surface area contributed by atoms with Gasteiger partial charge in [0.15, 0.2) is 0 Å². The Kier molecular flexibility index (Phi) is 3.81. The van der Waals surface area contributed by atoms with Gasteiger partial charge in [-0.05, 0) is 23.8 Å². The first-order chi connectivity index (χ1) is 12.6. The summed E-state index contributed by atoms with van der Waals surface area (Å²) < 4.78 is 0. The number of nitrogens with zero attached hydrogens (tertiary/aromatic N) is 2. The molecule has 0 fully saturated rings. The van der Waals surface area contributed by atoms with Crippen molar-refractivity contribution in [3.8, 4) is 0 Å². The third-order valence-corrected chi connectivity index (χ3v) is 4.18. The molecule has 1 aromatic carbocycles. The summed E-state index contributed by atoms with van der Waals surface area (Å²) in [6.07, 6.45) is 7.77. The van der Waals surface area contributed by atoms with Crippen molar-refractivity contribution in [2.75, 3.05) is 5.32 Å². The number of carboxylic acid groups (broad SMARTS) is 1. The van der Waals surface area contributed by atoms with Crippen LogP contribution < -0.4 is 5.32 Å². The van der Waals surface area contributed by atoms with Crippen molar-refractivity contribution in [1.29, 1.82) is 0 Å². The maximum Gasteiger partial charge on any atom is 0.336 e. The van der Waals surface area contributed by atoms with E-state index in [0.717, 1.165) is 22.9 Å². The average molecular weight is 346 g/mol. The van der Waals surface area contributed by atoms with Gasteiger partial charge in [-0.1, -0.05) is 12.1 Å². The lowest BCUT2D eigenvalue weighted by molar-refractivity contribution is 0.0692. The number of carboxylic acids is 1. The Bertz CT molecular complexity index is 1100. The van der Waals surface area contributed by atoms with Crippen LogP contribution in [0, 0.1) is 0 Å². The highest BCUT2D eigenvalue weighted by Crippen LogP contribution is 2.29. The predicted molar refractivity (Wildman–Crippen MR) is 98.5 cm³/mol. The molecule has 0 saturated heterocycles. The number of hydrogen-bond acceptors (Lipinski definition) is 4. The number of H-pyrrole nitrogens is 1. The summed E-state index contributed by atoms with van der Waals surface area (Å²) in [6, 6.07) is 7.90. The monoisotopic (exact) mass is 346 g/mol. The molecule has 4 rings (SSSR count). The van der Waals surface area contributed by atoms with E-state index in [9.17, 15) is 14.7 Å². The molecular formula is C19H14N4O3. The SMILES string of the molecule is O=C(O)c1ccccc1C(=O)Nc1cnc2[nH]cc(C3=CN=CC3)c2c1. The highest BCUT2D eigenvalue weighted by Gasteiger charge is 2.17. The first-order valence-electron chi connectivity index (χ1n) is 7.95. The van der Waals surface area contributed by atoms with E-state index in [1.165, 1.54) is 18.3 Å². The van der Waals surface area contributed by atoms with Gasteiger partial charge in [0.05, 0.1) is 23.0 Å². The van der Waals surface area contributed by atoms with Crippen molar-refractivity contribution in [2.45, 2.75) is 6.42 Å². The molecule has 0 aliphatic carbocycles. The molecule has 3 heterocycles. The van der Waals surface area contributed by atoms with Crippen LogP contribution in [0.4, 0.5) is 5.69 Å². The molecule has 0 unspecified atom stereocenters. The number of aromatic nitrogens is 2. The molecule has 3 N–H and O–H groups in total. The van der Waals surface area contributed by atoms with Crippen LogP contribution in [-0.2, 0) is 0 Å². The largest absolute Gasteiger partial charge is 0.478 e. The minimum Gasteiger partial charge on any atom is -0.478 e. The Morgan fingerprint density at radius 1 is 1.19 bits per heavy atom. The molecular weight excluding hydrogens is 332 g/mol. The smallest absolute Gasteiger partial charge is 0.336 e. The van der Waals surface area contributed by atoms with Crippen molar-refractivity contribution in [3.05, 3.63) is 65.6 Å². The first-order valence-corrected chi connectivity index (χ1v) is 7.95. The number of rotatable bonds is 4. The lowest BCUT2D eigenvalue weighted by atomic mass is 10.1. The van der Waals surface area contributed by atoms with Gasteiger partial charge in [-0.25, -0.2) is 9.78 Å². The van der Waals surface area contributed by atoms with Gasteiger partial charge in [0.25, 0.3) is 5.91 Å². The van der Waals surface area contributed by atoms with Crippen molar-refractivity contribution < 1.29 is 14.7 Å². The lowest BCUT2D eigenvalue weighted by Gasteiger charge is -2.08. The number of aromatic carboxylic acids is 1. The van der Waals surface area contributed by atoms with E-state index < -0.39 is 11.9 Å². The molecule has 1 aliphatic rings. The van der Waals surface area contributed by atoms with Crippen LogP contribution in [-0.4, -0.2) is 33.2 Å². The van der Waals surface area contributed by atoms with Crippen LogP contribution in [0.3, 0.4) is 0 Å². The zero-order valence-electron chi connectivity index (χ0n) is 13.6. The number of anilines is 1. The average Bonchev–Trinajstić information content (AvgIpc) is 3.30. The summed E-state index contributed by atoms with van der Waals surface area (Å²) >= 11 is 0. The molecule has 1 aliphatic heterocycles. The third-order valence-electron chi connectivity index (χ3n) is 4.18. The van der Waals surface area contributed by atoms with Crippen LogP contribution >= 0.6 is 0 Å². The van der Waals surface area contributed by atoms with Gasteiger partial charge >= 0.3 is 5.97 Å². The molecule has 0 saturated carbocycles. The van der Waals surface area contributed by atoms with Gasteiger partial charge in [-0.3, -0.25) is 9.79 Å². The lowest BCUT2D eigenvalue weighted by Crippen LogP contribution is -2.16. The van der Waals surface area contributed by atoms with E-state index in [1.807, 2.05) is 18.5 Å². The summed E-state index contributed by atoms with van der Waals surface area (Å²) in [6.45, 7) is 0. The fraction of sp³-hybridized carbons (Fsp3) is 0.0526. The van der Waals surface area contributed by atoms with Crippen LogP contribution in [0.25, 0.3) is 16.6 Å². The van der Waals surface area contributed by atoms with Crippen molar-refractivity contribution in [2.24, 2.45) is 4.99 Å². The van der Waals surface area contributed by atoms with Crippen LogP contribution in [0.15, 0.2) is 53.9 Å². The second kappa shape index (κ2) is 6.29. The van der Waals surface area contributed by atoms with Gasteiger partial charge in [-0.15, -0.1) is 0 Å². The zero-order valence-corrected chi connectivity index (χ0v) is 13.6. The maximum absolute atomic E-state index is 12.5. The quantitative estimate of drug-likeness (QED) is 0.673. The Morgan fingerprint density at radius 3 is 2.73 bits per heavy atom. The molecule has 7 nitrogen and oxygen atoms in total. The standard InChI is InChI=1S/C19H14N4O3/c24-18(13-3-1-2-4-14(13)19(25)26)23-12-7-15-16(11-5-6-20-8-11)10-22-17(15)21-9-12/h1-4,6-10H,5H2,(H,21,22)(H,23,24)(H,25,26). The van der Waals surface area contributed by atoms with E-state index in [1.54, 1.807) is 18.3 Å². The Morgan fingerprint density at radius 2 is 2.00 bits per heavy atom. The number of nitrogens with one attached hydrogen (secondary N) is 2. The number of carbonyl (C=O) groups is 2. The summed E-state index contributed by atoms with van der Waals surface area (Å²) in [4.78, 5) is 35.4. The minimum atomic E-state index is -1.15. The summed E-state index contributed by atoms with van der Waals surface area (Å²) in [7, 11) is 0. The fourth-order valence-corrected chi connectivity index (χ4v) is 2.93. The van der Waals surface area contributed by atoms with Crippen LogP contribution in [0.5, 0.6) is 0 Å². The molecule has 128 valence electrons. The Hall–Kier alpha value is -3.74. The normalized spacial score (nSPS) is 13.0. The van der Waals surface area contributed by atoms with Crippen molar-refractivity contribution >= 4 is 40.4 Å². The highest BCUT2D eigenvalue weighted by molar-refractivity contribution is 6.11. The van der Waals surface area contributed by atoms with E-state index >= 15 is 0 Å². The number of allylic oxidation sites excluding steroid dienone is 1. The molecule has 0 atom stereocenters. The first kappa shape index (κ1) is 15.8. The number of aliphatic imine (C=N–C) groups is 1. The fourth-order valence-electron chi connectivity index (χ4n) is 2.93. The van der Waals surface area contributed by atoms with Crippen molar-refractivity contribution in [1.82, 2.24) is 9.97 Å². The minimum absolute atomic E-state index is 0.0466. The van der Waals surface area contributed by atoms with E-state index in [0.29, 0.717) is 11.3 Å². The van der Waals surface area contributed by atoms with E-state index in [-0.39, 0.29) is 11.1 Å². The molecule has 1 amide bonds. The van der Waals surface area contributed by atoms with Crippen molar-refractivity contribution in [3.63, 3.8) is 0 Å². The Labute approximate surface area is 148 Å². The molecule has 0 bridgehead atoms. The summed E-state index contributed by atoms with van der Waals surface area (Å²) in [5.74, 6) is -1.64. The molecule has 0 radical (unpaired) electrons. The molecule has 2 aromatic heterocycles. The third kappa shape index (κ3) is 2.75. The predicted octanol–water partition coefficient (Wildman–Crippen LogP) is 3.33. The van der Waals surface area contributed by atoms with Gasteiger partial charge in [0.1, 0.15) is 5.65 Å². The number of benzene rings is 1.